The topological polar surface area (TPSA) is 32.7 Å². The number of nitrogens with zero attached hydrogens (tertiary/aromatic N) is 1. The molecule has 0 radical (unpaired) electrons. The van der Waals surface area contributed by atoms with E-state index in [1.165, 1.54) is 5.69 Å². The third-order valence-corrected chi connectivity index (χ3v) is 5.04. The van der Waals surface area contributed by atoms with Gasteiger partial charge in [-0.05, 0) is 67.6 Å². The Morgan fingerprint density at radius 3 is 2.42 bits per heavy atom. The third-order valence-electron chi connectivity index (χ3n) is 4.51. The highest BCUT2D eigenvalue weighted by Crippen LogP contribution is 2.29. The second-order valence-electron chi connectivity index (χ2n) is 6.16. The highest BCUT2D eigenvalue weighted by Gasteiger charge is 2.19. The van der Waals surface area contributed by atoms with Crippen LogP contribution >= 0.6 is 23.2 Å². The maximum Gasteiger partial charge on any atom is 0.137 e. The summed E-state index contributed by atoms with van der Waals surface area (Å²) in [5.74, 6) is 1.68. The van der Waals surface area contributed by atoms with E-state index in [2.05, 4.69) is 4.90 Å². The quantitative estimate of drug-likeness (QED) is 0.771. The van der Waals surface area contributed by atoms with Crippen molar-refractivity contribution < 1.29 is 9.84 Å². The van der Waals surface area contributed by atoms with Crippen molar-refractivity contribution in [3.63, 3.8) is 0 Å². The van der Waals surface area contributed by atoms with E-state index in [0.717, 1.165) is 32.4 Å². The van der Waals surface area contributed by atoms with Crippen LogP contribution in [0.2, 0.25) is 10.0 Å². The number of halogens is 2. The summed E-state index contributed by atoms with van der Waals surface area (Å²) in [5, 5.41) is 10.6. The van der Waals surface area contributed by atoms with Crippen molar-refractivity contribution in [3.05, 3.63) is 52.5 Å². The molecule has 0 spiro atoms. The molecule has 128 valence electrons. The first-order chi connectivity index (χ1) is 11.6. The van der Waals surface area contributed by atoms with Gasteiger partial charge in [0.05, 0.1) is 11.6 Å². The second kappa shape index (κ2) is 8.00. The Bertz CT molecular complexity index is 668. The number of benzene rings is 2. The molecule has 0 saturated carbocycles. The predicted molar refractivity (Wildman–Crippen MR) is 99.6 cm³/mol. The van der Waals surface area contributed by atoms with Crippen molar-refractivity contribution in [2.45, 2.75) is 19.3 Å². The molecule has 24 heavy (non-hydrogen) atoms. The van der Waals surface area contributed by atoms with Gasteiger partial charge in [-0.3, -0.25) is 0 Å². The van der Waals surface area contributed by atoms with E-state index in [-0.39, 0.29) is 0 Å². The lowest BCUT2D eigenvalue weighted by molar-refractivity contribution is 0.258. The number of hydrogen-bond acceptors (Lipinski definition) is 3. The van der Waals surface area contributed by atoms with Crippen LogP contribution < -0.4 is 9.64 Å². The number of ether oxygens (including phenoxy) is 1. The van der Waals surface area contributed by atoms with Crippen molar-refractivity contribution in [2.24, 2.45) is 5.92 Å². The van der Waals surface area contributed by atoms with E-state index >= 15 is 0 Å². The molecule has 0 aliphatic carbocycles. The van der Waals surface area contributed by atoms with Crippen LogP contribution in [0.5, 0.6) is 11.5 Å². The molecule has 0 bridgehead atoms. The Kier molecular flexibility index (Phi) is 5.75. The van der Waals surface area contributed by atoms with E-state index < -0.39 is 0 Å². The maximum atomic E-state index is 9.37. The van der Waals surface area contributed by atoms with Gasteiger partial charge in [0, 0.05) is 23.8 Å². The summed E-state index contributed by atoms with van der Waals surface area (Å²) in [6.07, 6.45) is 3.33. The molecular weight excluding hydrogens is 345 g/mol. The zero-order valence-electron chi connectivity index (χ0n) is 13.4. The minimum Gasteiger partial charge on any atom is -0.508 e. The first-order valence-electron chi connectivity index (χ1n) is 8.23. The summed E-state index contributed by atoms with van der Waals surface area (Å²) < 4.78 is 5.79. The first-order valence-corrected chi connectivity index (χ1v) is 8.99. The predicted octanol–water partition coefficient (Wildman–Crippen LogP) is 5.38. The molecule has 1 heterocycles. The SMILES string of the molecule is Oc1ccc(N2CCC(CCOc3ccc(Cl)cc3Cl)CC2)cc1. The molecule has 0 atom stereocenters. The van der Waals surface area contributed by atoms with Crippen LogP contribution in [-0.2, 0) is 0 Å². The van der Waals surface area contributed by atoms with Gasteiger partial charge < -0.3 is 14.7 Å². The van der Waals surface area contributed by atoms with E-state index in [1.807, 2.05) is 18.2 Å². The fraction of sp³-hybridized carbons (Fsp3) is 0.368. The van der Waals surface area contributed by atoms with Crippen LogP contribution in [0.1, 0.15) is 19.3 Å². The lowest BCUT2D eigenvalue weighted by Crippen LogP contribution is -2.34. The smallest absolute Gasteiger partial charge is 0.137 e. The molecule has 3 nitrogen and oxygen atoms in total. The molecule has 3 rings (SSSR count). The van der Waals surface area contributed by atoms with Gasteiger partial charge >= 0.3 is 0 Å². The van der Waals surface area contributed by atoms with E-state index in [1.54, 1.807) is 24.3 Å². The van der Waals surface area contributed by atoms with Gasteiger partial charge in [-0.25, -0.2) is 0 Å². The van der Waals surface area contributed by atoms with Crippen LogP contribution in [0, 0.1) is 5.92 Å². The highest BCUT2D eigenvalue weighted by atomic mass is 35.5. The van der Waals surface area contributed by atoms with Gasteiger partial charge in [-0.2, -0.15) is 0 Å². The Labute approximate surface area is 152 Å². The largest absolute Gasteiger partial charge is 0.508 e. The lowest BCUT2D eigenvalue weighted by atomic mass is 9.93. The van der Waals surface area contributed by atoms with Crippen LogP contribution in [-0.4, -0.2) is 24.8 Å². The molecular formula is C19H21Cl2NO2. The van der Waals surface area contributed by atoms with Gasteiger partial charge in [-0.1, -0.05) is 23.2 Å². The summed E-state index contributed by atoms with van der Waals surface area (Å²) in [4.78, 5) is 2.37. The minimum absolute atomic E-state index is 0.312. The highest BCUT2D eigenvalue weighted by molar-refractivity contribution is 6.35. The van der Waals surface area contributed by atoms with Gasteiger partial charge in [0.1, 0.15) is 11.5 Å². The number of piperidine rings is 1. The summed E-state index contributed by atoms with van der Waals surface area (Å²) in [7, 11) is 0. The minimum atomic E-state index is 0.312. The monoisotopic (exact) mass is 365 g/mol. The van der Waals surface area contributed by atoms with Gasteiger partial charge in [-0.15, -0.1) is 0 Å². The third kappa shape index (κ3) is 4.49. The molecule has 1 aliphatic heterocycles. The van der Waals surface area contributed by atoms with Gasteiger partial charge in [0.15, 0.2) is 0 Å². The summed E-state index contributed by atoms with van der Waals surface area (Å²) >= 11 is 12.0. The normalized spacial score (nSPS) is 15.5. The van der Waals surface area contributed by atoms with Crippen molar-refractivity contribution in [1.29, 1.82) is 0 Å². The second-order valence-corrected chi connectivity index (χ2v) is 7.00. The molecule has 5 heteroatoms. The molecule has 1 fully saturated rings. The Morgan fingerprint density at radius 1 is 1.04 bits per heavy atom. The molecule has 1 aliphatic rings. The summed E-state index contributed by atoms with van der Waals surface area (Å²) in [6, 6.07) is 12.7. The molecule has 0 unspecified atom stereocenters. The molecule has 0 aromatic heterocycles. The zero-order chi connectivity index (χ0) is 16.9. The number of anilines is 1. The van der Waals surface area contributed by atoms with Crippen molar-refractivity contribution in [2.75, 3.05) is 24.6 Å². The average molecular weight is 366 g/mol. The number of hydrogen-bond donors (Lipinski definition) is 1. The number of rotatable bonds is 5. The van der Waals surface area contributed by atoms with Crippen molar-refractivity contribution in [3.8, 4) is 11.5 Å². The number of aromatic hydroxyl groups is 1. The zero-order valence-corrected chi connectivity index (χ0v) is 14.9. The van der Waals surface area contributed by atoms with Crippen LogP contribution in [0.3, 0.4) is 0 Å². The fourth-order valence-corrected chi connectivity index (χ4v) is 3.53. The maximum absolute atomic E-state index is 9.37. The number of phenolic OH excluding ortho intramolecular Hbond substituents is 1. The molecule has 2 aromatic rings. The first kappa shape index (κ1) is 17.2. The van der Waals surface area contributed by atoms with E-state index in [4.69, 9.17) is 27.9 Å². The van der Waals surface area contributed by atoms with E-state index in [0.29, 0.717) is 34.1 Å². The summed E-state index contributed by atoms with van der Waals surface area (Å²) in [6.45, 7) is 2.75. The fourth-order valence-electron chi connectivity index (χ4n) is 3.07. The Morgan fingerprint density at radius 2 is 1.75 bits per heavy atom. The van der Waals surface area contributed by atoms with Crippen LogP contribution in [0.25, 0.3) is 0 Å². The Balaban J connectivity index is 1.43. The molecule has 2 aromatic carbocycles. The Hall–Kier alpha value is -1.58. The van der Waals surface area contributed by atoms with Crippen LogP contribution in [0.15, 0.2) is 42.5 Å². The van der Waals surface area contributed by atoms with Crippen LogP contribution in [0.4, 0.5) is 5.69 Å². The van der Waals surface area contributed by atoms with E-state index in [9.17, 15) is 5.11 Å². The van der Waals surface area contributed by atoms with Crippen molar-refractivity contribution in [1.82, 2.24) is 0 Å². The lowest BCUT2D eigenvalue weighted by Gasteiger charge is -2.33. The van der Waals surface area contributed by atoms with Gasteiger partial charge in [0.2, 0.25) is 0 Å². The standard InChI is InChI=1S/C19H21Cl2NO2/c20-15-1-6-19(18(21)13-15)24-12-9-14-7-10-22(11-8-14)16-2-4-17(23)5-3-16/h1-6,13-14,23H,7-12H2. The molecule has 0 amide bonds. The molecule has 1 N–H and O–H groups in total. The number of phenols is 1. The summed E-state index contributed by atoms with van der Waals surface area (Å²) in [5.41, 5.74) is 1.18. The molecule has 1 saturated heterocycles. The van der Waals surface area contributed by atoms with Crippen molar-refractivity contribution >= 4 is 28.9 Å². The van der Waals surface area contributed by atoms with Gasteiger partial charge in [0.25, 0.3) is 0 Å². The average Bonchev–Trinajstić information content (AvgIpc) is 2.58.